The van der Waals surface area contributed by atoms with Gasteiger partial charge in [-0.2, -0.15) is 0 Å². The fourth-order valence-electron chi connectivity index (χ4n) is 1.99. The molecule has 0 atom stereocenters. The minimum atomic E-state index is 0.754. The number of rotatable bonds is 4. The van der Waals surface area contributed by atoms with E-state index in [2.05, 4.69) is 50.0 Å². The molecule has 3 aromatic rings. The zero-order chi connectivity index (χ0) is 13.2. The van der Waals surface area contributed by atoms with E-state index >= 15 is 0 Å². The Labute approximate surface area is 123 Å². The summed E-state index contributed by atoms with van der Waals surface area (Å²) in [6.45, 7) is 1.75. The molecule has 0 unspecified atom stereocenters. The van der Waals surface area contributed by atoms with E-state index < -0.39 is 0 Å². The van der Waals surface area contributed by atoms with E-state index in [1.165, 1.54) is 8.66 Å². The van der Waals surface area contributed by atoms with Gasteiger partial charge in [0.2, 0.25) is 5.78 Å². The van der Waals surface area contributed by atoms with E-state index in [1.54, 1.807) is 17.5 Å². The molecule has 0 amide bonds. The summed E-state index contributed by atoms with van der Waals surface area (Å²) in [5.41, 5.74) is 1.04. The Morgan fingerprint density at radius 2 is 2.26 bits per heavy atom. The van der Waals surface area contributed by atoms with Crippen LogP contribution >= 0.6 is 27.3 Å². The highest BCUT2D eigenvalue weighted by molar-refractivity contribution is 9.11. The van der Waals surface area contributed by atoms with Crippen molar-refractivity contribution in [3.63, 3.8) is 0 Å². The summed E-state index contributed by atoms with van der Waals surface area (Å²) in [6, 6.07) is 6.14. The first kappa shape index (κ1) is 12.8. The molecule has 0 aliphatic carbocycles. The summed E-state index contributed by atoms with van der Waals surface area (Å²) >= 11 is 5.26. The Morgan fingerprint density at radius 3 is 3.00 bits per heavy atom. The topological polar surface area (TPSA) is 33.4 Å². The van der Waals surface area contributed by atoms with Gasteiger partial charge in [0, 0.05) is 36.6 Å². The first-order valence-electron chi connectivity index (χ1n) is 5.92. The van der Waals surface area contributed by atoms with Gasteiger partial charge in [0.1, 0.15) is 0 Å². The van der Waals surface area contributed by atoms with Crippen molar-refractivity contribution in [1.29, 1.82) is 0 Å². The van der Waals surface area contributed by atoms with E-state index in [4.69, 9.17) is 0 Å². The second-order valence-corrected chi connectivity index (χ2v) is 6.98. The largest absolute Gasteiger partial charge is 0.295 e. The van der Waals surface area contributed by atoms with Gasteiger partial charge in [-0.3, -0.25) is 9.30 Å². The van der Waals surface area contributed by atoms with Crippen molar-refractivity contribution in [3.05, 3.63) is 51.1 Å². The normalized spacial score (nSPS) is 11.5. The van der Waals surface area contributed by atoms with E-state index in [0.29, 0.717) is 0 Å². The molecule has 0 radical (unpaired) electrons. The van der Waals surface area contributed by atoms with Crippen LogP contribution in [0.3, 0.4) is 0 Å². The van der Waals surface area contributed by atoms with Gasteiger partial charge in [-0.15, -0.1) is 11.3 Å². The van der Waals surface area contributed by atoms with Crippen LogP contribution in [-0.2, 0) is 13.1 Å². The van der Waals surface area contributed by atoms with Crippen LogP contribution in [0.15, 0.2) is 40.6 Å². The summed E-state index contributed by atoms with van der Waals surface area (Å²) < 4.78 is 3.12. The lowest BCUT2D eigenvalue weighted by molar-refractivity contribution is 0.318. The lowest BCUT2D eigenvalue weighted by Gasteiger charge is -2.13. The average molecular weight is 337 g/mol. The second kappa shape index (κ2) is 5.40. The summed E-state index contributed by atoms with van der Waals surface area (Å²) in [5, 5.41) is 0. The highest BCUT2D eigenvalue weighted by Crippen LogP contribution is 2.23. The first-order valence-corrected chi connectivity index (χ1v) is 7.53. The molecule has 0 saturated carbocycles. The summed E-state index contributed by atoms with van der Waals surface area (Å²) in [4.78, 5) is 12.3. The number of nitrogens with zero attached hydrogens (tertiary/aromatic N) is 4. The molecule has 0 aliphatic heterocycles. The predicted octanol–water partition coefficient (Wildman–Crippen LogP) is 3.19. The van der Waals surface area contributed by atoms with Crippen LogP contribution in [0.2, 0.25) is 0 Å². The van der Waals surface area contributed by atoms with Crippen LogP contribution in [-0.4, -0.2) is 26.3 Å². The van der Waals surface area contributed by atoms with Crippen molar-refractivity contribution < 1.29 is 0 Å². The molecule has 0 spiro atoms. The van der Waals surface area contributed by atoms with Crippen molar-refractivity contribution in [2.75, 3.05) is 7.05 Å². The molecule has 98 valence electrons. The molecule has 0 saturated heterocycles. The quantitative estimate of drug-likeness (QED) is 0.733. The third-order valence-corrected chi connectivity index (χ3v) is 4.38. The van der Waals surface area contributed by atoms with Gasteiger partial charge in [-0.25, -0.2) is 9.97 Å². The van der Waals surface area contributed by atoms with Gasteiger partial charge in [-0.05, 0) is 41.2 Å². The van der Waals surface area contributed by atoms with Crippen LogP contribution in [0, 0.1) is 0 Å². The maximum absolute atomic E-state index is 4.50. The Morgan fingerprint density at radius 1 is 1.37 bits per heavy atom. The Kier molecular flexibility index (Phi) is 3.63. The van der Waals surface area contributed by atoms with Crippen molar-refractivity contribution in [3.8, 4) is 0 Å². The van der Waals surface area contributed by atoms with Crippen molar-refractivity contribution in [2.45, 2.75) is 13.1 Å². The molecule has 3 rings (SSSR count). The van der Waals surface area contributed by atoms with E-state index in [9.17, 15) is 0 Å². The molecule has 6 heteroatoms. The van der Waals surface area contributed by atoms with E-state index in [1.807, 2.05) is 22.9 Å². The SMILES string of the molecule is CN(Cc1cn2cccnc2n1)Cc1ccc(Br)s1. The van der Waals surface area contributed by atoms with Crippen molar-refractivity contribution in [1.82, 2.24) is 19.3 Å². The number of hydrogen-bond donors (Lipinski definition) is 0. The molecule has 0 aliphatic rings. The van der Waals surface area contributed by atoms with Crippen LogP contribution in [0.5, 0.6) is 0 Å². The molecule has 0 N–H and O–H groups in total. The monoisotopic (exact) mass is 336 g/mol. The number of imidazole rings is 1. The van der Waals surface area contributed by atoms with Crippen molar-refractivity contribution >= 4 is 33.0 Å². The van der Waals surface area contributed by atoms with E-state index in [-0.39, 0.29) is 0 Å². The molecule has 0 fully saturated rings. The maximum Gasteiger partial charge on any atom is 0.233 e. The molecule has 0 bridgehead atoms. The standard InChI is InChI=1S/C13H13BrN4S/c1-17(9-11-3-4-12(14)19-11)7-10-8-18-6-2-5-15-13(18)16-10/h2-6,8H,7,9H2,1H3. The molecule has 3 heterocycles. The Bertz CT molecular complexity index is 658. The lowest BCUT2D eigenvalue weighted by Crippen LogP contribution is -2.16. The summed E-state index contributed by atoms with van der Waals surface area (Å²) in [7, 11) is 2.10. The van der Waals surface area contributed by atoms with Gasteiger partial charge in [0.25, 0.3) is 0 Å². The molecule has 4 nitrogen and oxygen atoms in total. The number of hydrogen-bond acceptors (Lipinski definition) is 4. The van der Waals surface area contributed by atoms with Crippen molar-refractivity contribution in [2.24, 2.45) is 0 Å². The fraction of sp³-hybridized carbons (Fsp3) is 0.231. The summed E-state index contributed by atoms with van der Waals surface area (Å²) in [6.07, 6.45) is 5.76. The van der Waals surface area contributed by atoms with Gasteiger partial charge in [-0.1, -0.05) is 0 Å². The lowest BCUT2D eigenvalue weighted by atomic mass is 10.4. The van der Waals surface area contributed by atoms with Gasteiger partial charge in [0.05, 0.1) is 9.48 Å². The molecule has 3 aromatic heterocycles. The van der Waals surface area contributed by atoms with E-state index in [0.717, 1.165) is 24.6 Å². The molecular formula is C13H13BrN4S. The minimum Gasteiger partial charge on any atom is -0.295 e. The van der Waals surface area contributed by atoms with Crippen LogP contribution in [0.1, 0.15) is 10.6 Å². The number of fused-ring (bicyclic) bond motifs is 1. The fourth-order valence-corrected chi connectivity index (χ4v) is 3.55. The highest BCUT2D eigenvalue weighted by Gasteiger charge is 2.07. The van der Waals surface area contributed by atoms with Gasteiger partial charge in [0.15, 0.2) is 0 Å². The Balaban J connectivity index is 1.70. The third kappa shape index (κ3) is 3.02. The van der Waals surface area contributed by atoms with Crippen LogP contribution in [0.4, 0.5) is 0 Å². The predicted molar refractivity (Wildman–Crippen MR) is 80.2 cm³/mol. The zero-order valence-corrected chi connectivity index (χ0v) is 12.9. The second-order valence-electron chi connectivity index (χ2n) is 4.44. The average Bonchev–Trinajstić information content (AvgIpc) is 2.94. The summed E-state index contributed by atoms with van der Waals surface area (Å²) in [5.74, 6) is 0.754. The number of aromatic nitrogens is 3. The van der Waals surface area contributed by atoms with Gasteiger partial charge < -0.3 is 0 Å². The highest BCUT2D eigenvalue weighted by atomic mass is 79.9. The van der Waals surface area contributed by atoms with Crippen LogP contribution in [0.25, 0.3) is 5.78 Å². The molecular weight excluding hydrogens is 324 g/mol. The molecule has 19 heavy (non-hydrogen) atoms. The Hall–Kier alpha value is -1.24. The maximum atomic E-state index is 4.50. The minimum absolute atomic E-state index is 0.754. The number of halogens is 1. The molecule has 0 aromatic carbocycles. The smallest absolute Gasteiger partial charge is 0.233 e. The van der Waals surface area contributed by atoms with Gasteiger partial charge >= 0.3 is 0 Å². The third-order valence-electron chi connectivity index (χ3n) is 2.77. The number of thiophene rings is 1. The first-order chi connectivity index (χ1) is 9.20. The van der Waals surface area contributed by atoms with Crippen LogP contribution < -0.4 is 0 Å². The zero-order valence-electron chi connectivity index (χ0n) is 10.5.